The van der Waals surface area contributed by atoms with Crippen LogP contribution in [0.1, 0.15) is 0 Å². The molecule has 0 bridgehead atoms. The summed E-state index contributed by atoms with van der Waals surface area (Å²) >= 11 is 0. The summed E-state index contributed by atoms with van der Waals surface area (Å²) in [5.41, 5.74) is 2.05. The fourth-order valence-electron chi connectivity index (χ4n) is 2.34. The highest BCUT2D eigenvalue weighted by atomic mass is 19.1. The van der Waals surface area contributed by atoms with E-state index in [0.717, 1.165) is 12.2 Å². The minimum absolute atomic E-state index is 0.307. The maximum absolute atomic E-state index is 13.4. The van der Waals surface area contributed by atoms with Crippen molar-refractivity contribution in [2.45, 2.75) is 0 Å². The van der Waals surface area contributed by atoms with Crippen LogP contribution in [-0.2, 0) is 0 Å². The first-order valence-electron chi connectivity index (χ1n) is 8.32. The fourth-order valence-corrected chi connectivity index (χ4v) is 2.34. The average Bonchev–Trinajstić information content (AvgIpc) is 2.62. The minimum atomic E-state index is -0.307. The van der Waals surface area contributed by atoms with Crippen LogP contribution in [0.5, 0.6) is 0 Å². The molecule has 0 amide bonds. The second-order valence-electron chi connectivity index (χ2n) is 6.04. The van der Waals surface area contributed by atoms with Crippen LogP contribution in [-0.4, -0.2) is 47.0 Å². The summed E-state index contributed by atoms with van der Waals surface area (Å²) in [5, 5.41) is 6.34. The Balaban J connectivity index is 1.89. The third-order valence-electron chi connectivity index (χ3n) is 3.59. The molecule has 3 rings (SSSR count). The molecule has 1 aromatic carbocycles. The highest BCUT2D eigenvalue weighted by Crippen LogP contribution is 2.22. The Labute approximate surface area is 152 Å². The van der Waals surface area contributed by atoms with Crippen molar-refractivity contribution in [3.05, 3.63) is 60.5 Å². The van der Waals surface area contributed by atoms with Gasteiger partial charge in [0.15, 0.2) is 0 Å². The number of rotatable bonds is 7. The van der Waals surface area contributed by atoms with Crippen molar-refractivity contribution in [1.82, 2.24) is 19.9 Å². The van der Waals surface area contributed by atoms with Crippen LogP contribution in [0.2, 0.25) is 0 Å². The molecule has 2 N–H and O–H groups in total. The van der Waals surface area contributed by atoms with Crippen LogP contribution in [0.4, 0.5) is 21.8 Å². The van der Waals surface area contributed by atoms with Gasteiger partial charge in [0.2, 0.25) is 5.95 Å². The molecule has 7 heteroatoms. The highest BCUT2D eigenvalue weighted by Gasteiger charge is 2.08. The van der Waals surface area contributed by atoms with Gasteiger partial charge in [-0.1, -0.05) is 12.1 Å². The zero-order valence-electron chi connectivity index (χ0n) is 14.8. The zero-order valence-corrected chi connectivity index (χ0v) is 14.8. The van der Waals surface area contributed by atoms with Crippen LogP contribution >= 0.6 is 0 Å². The van der Waals surface area contributed by atoms with Crippen LogP contribution in [0, 0.1) is 5.82 Å². The number of benzene rings is 1. The number of nitrogens with one attached hydrogen (secondary N) is 2. The van der Waals surface area contributed by atoms with Gasteiger partial charge in [-0.05, 0) is 44.4 Å². The molecule has 26 heavy (non-hydrogen) atoms. The lowest BCUT2D eigenvalue weighted by Gasteiger charge is -2.13. The van der Waals surface area contributed by atoms with Gasteiger partial charge in [0.05, 0.1) is 11.4 Å². The monoisotopic (exact) mass is 352 g/mol. The molecule has 0 saturated carbocycles. The number of hydrogen-bond donors (Lipinski definition) is 2. The van der Waals surface area contributed by atoms with Crippen LogP contribution < -0.4 is 10.6 Å². The second-order valence-corrected chi connectivity index (χ2v) is 6.04. The maximum Gasteiger partial charge on any atom is 0.225 e. The van der Waals surface area contributed by atoms with E-state index >= 15 is 0 Å². The van der Waals surface area contributed by atoms with Gasteiger partial charge in [0.25, 0.3) is 0 Å². The van der Waals surface area contributed by atoms with Crippen molar-refractivity contribution in [3.8, 4) is 11.4 Å². The van der Waals surface area contributed by atoms with Crippen molar-refractivity contribution < 1.29 is 4.39 Å². The lowest BCUT2D eigenvalue weighted by atomic mass is 10.2. The van der Waals surface area contributed by atoms with Gasteiger partial charge in [-0.15, -0.1) is 0 Å². The number of likely N-dealkylation sites (N-methyl/N-ethyl adjacent to an activating group) is 1. The number of halogens is 1. The first-order chi connectivity index (χ1) is 12.6. The quantitative estimate of drug-likeness (QED) is 0.679. The summed E-state index contributed by atoms with van der Waals surface area (Å²) in [5.74, 6) is 0.755. The topological polar surface area (TPSA) is 66.0 Å². The van der Waals surface area contributed by atoms with Crippen LogP contribution in [0.25, 0.3) is 11.4 Å². The summed E-state index contributed by atoms with van der Waals surface area (Å²) in [4.78, 5) is 15.4. The van der Waals surface area contributed by atoms with E-state index in [1.165, 1.54) is 12.1 Å². The molecule has 134 valence electrons. The molecule has 0 fully saturated rings. The molecule has 0 aliphatic carbocycles. The molecule has 6 nitrogen and oxygen atoms in total. The van der Waals surface area contributed by atoms with Crippen molar-refractivity contribution in [1.29, 1.82) is 0 Å². The highest BCUT2D eigenvalue weighted by molar-refractivity contribution is 5.65. The van der Waals surface area contributed by atoms with Crippen molar-refractivity contribution in [2.75, 3.05) is 37.8 Å². The number of hydrogen-bond acceptors (Lipinski definition) is 6. The Morgan fingerprint density at radius 3 is 2.62 bits per heavy atom. The molecule has 0 unspecified atom stereocenters. The summed E-state index contributed by atoms with van der Waals surface area (Å²) in [6, 6.07) is 13.7. The van der Waals surface area contributed by atoms with E-state index in [1.54, 1.807) is 24.4 Å². The number of anilines is 3. The van der Waals surface area contributed by atoms with E-state index in [1.807, 2.05) is 32.3 Å². The molecule has 0 aliphatic heterocycles. The Morgan fingerprint density at radius 1 is 1.00 bits per heavy atom. The molecular weight excluding hydrogens is 331 g/mol. The lowest BCUT2D eigenvalue weighted by Crippen LogP contribution is -2.21. The van der Waals surface area contributed by atoms with E-state index < -0.39 is 0 Å². The molecule has 0 radical (unpaired) electrons. The average molecular weight is 352 g/mol. The Morgan fingerprint density at radius 2 is 1.88 bits per heavy atom. The Hall–Kier alpha value is -3.06. The molecule has 0 atom stereocenters. The zero-order chi connectivity index (χ0) is 18.4. The van der Waals surface area contributed by atoms with Crippen molar-refractivity contribution in [2.24, 2.45) is 0 Å². The summed E-state index contributed by atoms with van der Waals surface area (Å²) < 4.78 is 13.4. The summed E-state index contributed by atoms with van der Waals surface area (Å²) in [6.07, 6.45) is 1.72. The second kappa shape index (κ2) is 8.35. The van der Waals surface area contributed by atoms with E-state index in [-0.39, 0.29) is 5.82 Å². The first kappa shape index (κ1) is 17.8. The minimum Gasteiger partial charge on any atom is -0.353 e. The van der Waals surface area contributed by atoms with E-state index in [4.69, 9.17) is 0 Å². The van der Waals surface area contributed by atoms with Gasteiger partial charge in [-0.3, -0.25) is 4.98 Å². The predicted molar refractivity (Wildman–Crippen MR) is 102 cm³/mol. The van der Waals surface area contributed by atoms with E-state index in [2.05, 4.69) is 30.5 Å². The Bertz CT molecular complexity index is 854. The summed E-state index contributed by atoms with van der Waals surface area (Å²) in [6.45, 7) is 1.56. The van der Waals surface area contributed by atoms with Gasteiger partial charge in [-0.25, -0.2) is 9.37 Å². The summed E-state index contributed by atoms with van der Waals surface area (Å²) in [7, 11) is 4.01. The number of pyridine rings is 1. The number of nitrogens with zero attached hydrogens (tertiary/aromatic N) is 4. The number of aromatic nitrogens is 3. The van der Waals surface area contributed by atoms with Crippen molar-refractivity contribution >= 4 is 17.5 Å². The SMILES string of the molecule is CN(C)CCNc1nc(Nc2cccc(F)c2)cc(-c2ccccn2)n1. The van der Waals surface area contributed by atoms with Gasteiger partial charge in [-0.2, -0.15) is 4.98 Å². The third-order valence-corrected chi connectivity index (χ3v) is 3.59. The maximum atomic E-state index is 13.4. The third kappa shape index (κ3) is 4.97. The fraction of sp³-hybridized carbons (Fsp3) is 0.211. The smallest absolute Gasteiger partial charge is 0.225 e. The first-order valence-corrected chi connectivity index (χ1v) is 8.32. The van der Waals surface area contributed by atoms with Crippen LogP contribution in [0.3, 0.4) is 0 Å². The molecule has 2 aromatic heterocycles. The van der Waals surface area contributed by atoms with Gasteiger partial charge in [0.1, 0.15) is 11.6 Å². The normalized spacial score (nSPS) is 10.8. The standard InChI is InChI=1S/C19H21FN6/c1-26(2)11-10-22-19-24-17(16-8-3-4-9-21-16)13-18(25-19)23-15-7-5-6-14(20)12-15/h3-9,12-13H,10-11H2,1-2H3,(H2,22,23,24,25). The largest absolute Gasteiger partial charge is 0.353 e. The van der Waals surface area contributed by atoms with Crippen molar-refractivity contribution in [3.63, 3.8) is 0 Å². The van der Waals surface area contributed by atoms with Gasteiger partial charge < -0.3 is 15.5 Å². The van der Waals surface area contributed by atoms with Gasteiger partial charge >= 0.3 is 0 Å². The molecule has 0 aliphatic rings. The molecule has 3 aromatic rings. The molecule has 0 spiro atoms. The van der Waals surface area contributed by atoms with E-state index in [9.17, 15) is 4.39 Å². The molecular formula is C19H21FN6. The van der Waals surface area contributed by atoms with Gasteiger partial charge in [0, 0.05) is 31.0 Å². The Kier molecular flexibility index (Phi) is 5.70. The predicted octanol–water partition coefficient (Wildman–Crippen LogP) is 3.39. The molecule has 2 heterocycles. The molecule has 0 saturated heterocycles. The van der Waals surface area contributed by atoms with E-state index in [0.29, 0.717) is 29.7 Å². The van der Waals surface area contributed by atoms with Crippen LogP contribution in [0.15, 0.2) is 54.7 Å². The lowest BCUT2D eigenvalue weighted by molar-refractivity contribution is 0.425.